The van der Waals surface area contributed by atoms with Gasteiger partial charge in [0.25, 0.3) is 0 Å². The van der Waals surface area contributed by atoms with E-state index in [9.17, 15) is 0 Å². The highest BCUT2D eigenvalue weighted by Crippen LogP contribution is 2.38. The van der Waals surface area contributed by atoms with E-state index in [1.807, 2.05) is 18.5 Å². The van der Waals surface area contributed by atoms with E-state index in [2.05, 4.69) is 88.5 Å². The fraction of sp³-hybridized carbons (Fsp3) is 0.0455. The van der Waals surface area contributed by atoms with Crippen molar-refractivity contribution in [1.29, 1.82) is 0 Å². The number of aromatic nitrogens is 1. The lowest BCUT2D eigenvalue weighted by atomic mass is 9.95. The molecule has 0 spiro atoms. The standard InChI is InChI=1S/C22H16BrN/c1-15-7-9-17(10-8-15)18-11-12-21(23)22-19(13-24-14-20(18)22)16-5-3-2-4-6-16/h2-14H,1H3. The van der Waals surface area contributed by atoms with E-state index >= 15 is 0 Å². The first-order chi connectivity index (χ1) is 11.7. The zero-order chi connectivity index (χ0) is 16.5. The van der Waals surface area contributed by atoms with Crippen LogP contribution in [0.1, 0.15) is 5.56 Å². The minimum Gasteiger partial charge on any atom is -0.263 e. The summed E-state index contributed by atoms with van der Waals surface area (Å²) in [5, 5.41) is 2.36. The Balaban J connectivity index is 2.02. The average molecular weight is 374 g/mol. The molecule has 0 unspecified atom stereocenters. The molecule has 0 N–H and O–H groups in total. The van der Waals surface area contributed by atoms with E-state index in [1.165, 1.54) is 27.6 Å². The van der Waals surface area contributed by atoms with Crippen molar-refractivity contribution in [3.05, 3.63) is 89.2 Å². The summed E-state index contributed by atoms with van der Waals surface area (Å²) in [4.78, 5) is 4.51. The van der Waals surface area contributed by atoms with Gasteiger partial charge in [0, 0.05) is 33.2 Å². The highest BCUT2D eigenvalue weighted by Gasteiger charge is 2.12. The molecule has 1 aromatic heterocycles. The molecule has 24 heavy (non-hydrogen) atoms. The minimum absolute atomic E-state index is 1.09. The maximum absolute atomic E-state index is 4.51. The quantitative estimate of drug-likeness (QED) is 0.383. The zero-order valence-electron chi connectivity index (χ0n) is 13.3. The van der Waals surface area contributed by atoms with Crippen molar-refractivity contribution in [2.75, 3.05) is 0 Å². The summed E-state index contributed by atoms with van der Waals surface area (Å²) in [7, 11) is 0. The summed E-state index contributed by atoms with van der Waals surface area (Å²) in [5.41, 5.74) is 6.01. The summed E-state index contributed by atoms with van der Waals surface area (Å²) in [6.45, 7) is 2.11. The number of nitrogens with zero attached hydrogens (tertiary/aromatic N) is 1. The molecule has 4 aromatic rings. The largest absolute Gasteiger partial charge is 0.263 e. The van der Waals surface area contributed by atoms with E-state index in [4.69, 9.17) is 0 Å². The molecule has 0 saturated carbocycles. The molecule has 4 rings (SSSR count). The molecule has 0 atom stereocenters. The van der Waals surface area contributed by atoms with Crippen LogP contribution in [0.3, 0.4) is 0 Å². The van der Waals surface area contributed by atoms with Gasteiger partial charge >= 0.3 is 0 Å². The molecule has 0 aliphatic carbocycles. The SMILES string of the molecule is Cc1ccc(-c2ccc(Br)c3c(-c4ccccc4)cncc23)cc1. The van der Waals surface area contributed by atoms with E-state index in [0.717, 1.165) is 15.4 Å². The van der Waals surface area contributed by atoms with Crippen LogP contribution in [0.4, 0.5) is 0 Å². The number of benzene rings is 3. The second kappa shape index (κ2) is 6.21. The fourth-order valence-electron chi connectivity index (χ4n) is 3.07. The monoisotopic (exact) mass is 373 g/mol. The molecule has 116 valence electrons. The third kappa shape index (κ3) is 2.63. The number of hydrogen-bond acceptors (Lipinski definition) is 1. The fourth-order valence-corrected chi connectivity index (χ4v) is 3.63. The van der Waals surface area contributed by atoms with Crippen LogP contribution < -0.4 is 0 Å². The highest BCUT2D eigenvalue weighted by atomic mass is 79.9. The minimum atomic E-state index is 1.09. The Kier molecular flexibility index (Phi) is 3.91. The summed E-state index contributed by atoms with van der Waals surface area (Å²) in [5.74, 6) is 0. The summed E-state index contributed by atoms with van der Waals surface area (Å²) in [6, 6.07) is 23.3. The van der Waals surface area contributed by atoms with E-state index < -0.39 is 0 Å². The van der Waals surface area contributed by atoms with Gasteiger partial charge in [-0.1, -0.05) is 82.2 Å². The van der Waals surface area contributed by atoms with E-state index in [-0.39, 0.29) is 0 Å². The second-order valence-electron chi connectivity index (χ2n) is 5.94. The molecule has 0 radical (unpaired) electrons. The van der Waals surface area contributed by atoms with Gasteiger partial charge in [-0.15, -0.1) is 0 Å². The smallest absolute Gasteiger partial charge is 0.0353 e. The third-order valence-electron chi connectivity index (χ3n) is 4.32. The Morgan fingerprint density at radius 2 is 1.42 bits per heavy atom. The van der Waals surface area contributed by atoms with E-state index in [1.54, 1.807) is 0 Å². The van der Waals surface area contributed by atoms with Crippen LogP contribution in [-0.2, 0) is 0 Å². The number of fused-ring (bicyclic) bond motifs is 1. The van der Waals surface area contributed by atoms with Gasteiger partial charge in [-0.3, -0.25) is 4.98 Å². The normalized spacial score (nSPS) is 10.9. The Morgan fingerprint density at radius 1 is 0.708 bits per heavy atom. The molecular weight excluding hydrogens is 358 g/mol. The van der Waals surface area contributed by atoms with Crippen LogP contribution in [0.2, 0.25) is 0 Å². The van der Waals surface area contributed by atoms with Gasteiger partial charge in [0.1, 0.15) is 0 Å². The second-order valence-corrected chi connectivity index (χ2v) is 6.79. The zero-order valence-corrected chi connectivity index (χ0v) is 14.9. The number of hydrogen-bond donors (Lipinski definition) is 0. The number of pyridine rings is 1. The average Bonchev–Trinajstić information content (AvgIpc) is 2.63. The van der Waals surface area contributed by atoms with Crippen molar-refractivity contribution in [3.63, 3.8) is 0 Å². The van der Waals surface area contributed by atoms with Crippen LogP contribution in [-0.4, -0.2) is 4.98 Å². The first-order valence-electron chi connectivity index (χ1n) is 7.93. The molecule has 0 aliphatic heterocycles. The first kappa shape index (κ1) is 15.1. The molecule has 0 amide bonds. The molecule has 0 fully saturated rings. The van der Waals surface area contributed by atoms with Gasteiger partial charge in [0.2, 0.25) is 0 Å². The molecule has 2 heteroatoms. The number of rotatable bonds is 2. The van der Waals surface area contributed by atoms with Crippen LogP contribution in [0.5, 0.6) is 0 Å². The van der Waals surface area contributed by atoms with Crippen LogP contribution in [0, 0.1) is 6.92 Å². The predicted molar refractivity (Wildman–Crippen MR) is 105 cm³/mol. The van der Waals surface area contributed by atoms with Crippen molar-refractivity contribution in [3.8, 4) is 22.3 Å². The van der Waals surface area contributed by atoms with Crippen molar-refractivity contribution >= 4 is 26.7 Å². The Bertz CT molecular complexity index is 1010. The lowest BCUT2D eigenvalue weighted by Crippen LogP contribution is -1.89. The molecular formula is C22H16BrN. The predicted octanol–water partition coefficient (Wildman–Crippen LogP) is 6.64. The lowest BCUT2D eigenvalue weighted by molar-refractivity contribution is 1.36. The summed E-state index contributed by atoms with van der Waals surface area (Å²) in [6.07, 6.45) is 3.91. The molecule has 0 aliphatic rings. The topological polar surface area (TPSA) is 12.9 Å². The van der Waals surface area contributed by atoms with Gasteiger partial charge in [-0.25, -0.2) is 0 Å². The van der Waals surface area contributed by atoms with Crippen LogP contribution in [0.25, 0.3) is 33.0 Å². The molecule has 0 bridgehead atoms. The van der Waals surface area contributed by atoms with Crippen LogP contribution >= 0.6 is 15.9 Å². The highest BCUT2D eigenvalue weighted by molar-refractivity contribution is 9.10. The molecule has 1 heterocycles. The Labute approximate surface area is 150 Å². The number of halogens is 1. The van der Waals surface area contributed by atoms with Gasteiger partial charge in [-0.05, 0) is 29.7 Å². The molecule has 1 nitrogen and oxygen atoms in total. The van der Waals surface area contributed by atoms with Crippen LogP contribution in [0.15, 0.2) is 83.6 Å². The maximum Gasteiger partial charge on any atom is 0.0353 e. The van der Waals surface area contributed by atoms with Gasteiger partial charge in [0.15, 0.2) is 0 Å². The lowest BCUT2D eigenvalue weighted by Gasteiger charge is -2.12. The Morgan fingerprint density at radius 3 is 2.17 bits per heavy atom. The van der Waals surface area contributed by atoms with E-state index in [0.29, 0.717) is 0 Å². The van der Waals surface area contributed by atoms with Crippen molar-refractivity contribution in [2.45, 2.75) is 6.92 Å². The first-order valence-corrected chi connectivity index (χ1v) is 8.72. The third-order valence-corrected chi connectivity index (χ3v) is 4.98. The summed E-state index contributed by atoms with van der Waals surface area (Å²) < 4.78 is 1.09. The number of aryl methyl sites for hydroxylation is 1. The molecule has 3 aromatic carbocycles. The molecule has 0 saturated heterocycles. The van der Waals surface area contributed by atoms with Gasteiger partial charge in [-0.2, -0.15) is 0 Å². The summed E-state index contributed by atoms with van der Waals surface area (Å²) >= 11 is 3.74. The van der Waals surface area contributed by atoms with Gasteiger partial charge in [0.05, 0.1) is 0 Å². The van der Waals surface area contributed by atoms with Crippen molar-refractivity contribution < 1.29 is 0 Å². The van der Waals surface area contributed by atoms with Crippen molar-refractivity contribution in [2.24, 2.45) is 0 Å². The van der Waals surface area contributed by atoms with Crippen molar-refractivity contribution in [1.82, 2.24) is 4.98 Å². The Hall–Kier alpha value is -2.45. The maximum atomic E-state index is 4.51. The van der Waals surface area contributed by atoms with Gasteiger partial charge < -0.3 is 0 Å².